The van der Waals surface area contributed by atoms with Crippen molar-refractivity contribution in [2.45, 2.75) is 33.5 Å². The van der Waals surface area contributed by atoms with Gasteiger partial charge < -0.3 is 0 Å². The molecule has 2 amide bonds. The Balaban J connectivity index is 2.07. The van der Waals surface area contributed by atoms with Crippen molar-refractivity contribution in [2.24, 2.45) is 5.41 Å². The molecule has 0 fully saturated rings. The fourth-order valence-corrected chi connectivity index (χ4v) is 1.83. The molecule has 0 unspecified atom stereocenters. The van der Waals surface area contributed by atoms with Crippen molar-refractivity contribution in [3.63, 3.8) is 0 Å². The van der Waals surface area contributed by atoms with E-state index in [1.807, 2.05) is 0 Å². The average molecular weight is 370 g/mol. The third kappa shape index (κ3) is 4.77. The van der Waals surface area contributed by atoms with Crippen LogP contribution in [0.25, 0.3) is 11.4 Å². The zero-order chi connectivity index (χ0) is 19.5. The zero-order valence-corrected chi connectivity index (χ0v) is 14.3. The highest BCUT2D eigenvalue weighted by Gasteiger charge is 2.34. The molecule has 0 aliphatic carbocycles. The molecule has 1 aromatic heterocycles. The molecule has 0 aliphatic heterocycles. The summed E-state index contributed by atoms with van der Waals surface area (Å²) in [6.07, 6.45) is -4.57. The van der Waals surface area contributed by atoms with E-state index in [9.17, 15) is 22.8 Å². The number of tetrazole rings is 1. The molecule has 0 saturated carbocycles. The molecule has 8 nitrogen and oxygen atoms in total. The van der Waals surface area contributed by atoms with Crippen LogP contribution in [0.4, 0.5) is 13.2 Å². The van der Waals surface area contributed by atoms with Crippen molar-refractivity contribution < 1.29 is 22.8 Å². The summed E-state index contributed by atoms with van der Waals surface area (Å²) in [5.74, 6) is -1.32. The van der Waals surface area contributed by atoms with Gasteiger partial charge in [-0.1, -0.05) is 39.0 Å². The van der Waals surface area contributed by atoms with Gasteiger partial charge in [0, 0.05) is 11.0 Å². The number of nitrogens with zero attached hydrogens (tertiary/aromatic N) is 4. The lowest BCUT2D eigenvalue weighted by molar-refractivity contribution is -0.137. The summed E-state index contributed by atoms with van der Waals surface area (Å²) < 4.78 is 39.1. The number of rotatable bonds is 3. The Morgan fingerprint density at radius 3 is 2.38 bits per heavy atom. The molecule has 1 heterocycles. The van der Waals surface area contributed by atoms with Gasteiger partial charge in [0.25, 0.3) is 5.91 Å². The van der Waals surface area contributed by atoms with Crippen molar-refractivity contribution in [1.29, 1.82) is 0 Å². The van der Waals surface area contributed by atoms with Crippen LogP contribution in [0, 0.1) is 5.41 Å². The molecule has 26 heavy (non-hydrogen) atoms. The predicted octanol–water partition coefficient (Wildman–Crippen LogP) is 1.55. The highest BCUT2D eigenvalue weighted by atomic mass is 19.4. The molecule has 0 bridgehead atoms. The molecule has 2 aromatic rings. The van der Waals surface area contributed by atoms with E-state index in [2.05, 4.69) is 26.3 Å². The number of benzene rings is 1. The zero-order valence-electron chi connectivity index (χ0n) is 14.3. The van der Waals surface area contributed by atoms with Crippen LogP contribution in [0.3, 0.4) is 0 Å². The molecule has 0 aliphatic rings. The monoisotopic (exact) mass is 370 g/mol. The lowest BCUT2D eigenvalue weighted by atomic mass is 9.96. The minimum Gasteiger partial charge on any atom is -0.273 e. The largest absolute Gasteiger partial charge is 0.417 e. The molecule has 0 saturated heterocycles. The number of hydrogen-bond donors (Lipinski definition) is 2. The average Bonchev–Trinajstić information content (AvgIpc) is 2.99. The number of aromatic nitrogens is 4. The first-order valence-electron chi connectivity index (χ1n) is 7.52. The van der Waals surface area contributed by atoms with Gasteiger partial charge in [0.2, 0.25) is 11.7 Å². The van der Waals surface area contributed by atoms with Gasteiger partial charge in [-0.25, -0.2) is 0 Å². The standard InChI is InChI=1S/C15H17F3N6O2/c1-14(2,3)13(26)21-19-11(25)8-24-22-12(20-23-24)9-6-4-5-7-10(9)15(16,17)18/h4-7H,8H2,1-3H3,(H,19,25)(H,21,26). The maximum atomic E-state index is 13.0. The maximum absolute atomic E-state index is 13.0. The molecule has 1 aromatic carbocycles. The Labute approximate surface area is 146 Å². The topological polar surface area (TPSA) is 102 Å². The van der Waals surface area contributed by atoms with E-state index < -0.39 is 35.5 Å². The van der Waals surface area contributed by atoms with Gasteiger partial charge in [-0.05, 0) is 11.3 Å². The van der Waals surface area contributed by atoms with E-state index in [0.29, 0.717) is 0 Å². The number of hydrazine groups is 1. The number of amides is 2. The van der Waals surface area contributed by atoms with Crippen LogP contribution in [-0.2, 0) is 22.3 Å². The molecular weight excluding hydrogens is 353 g/mol. The number of alkyl halides is 3. The van der Waals surface area contributed by atoms with Crippen LogP contribution in [-0.4, -0.2) is 32.0 Å². The third-order valence-electron chi connectivity index (χ3n) is 3.21. The van der Waals surface area contributed by atoms with Gasteiger partial charge in [0.15, 0.2) is 0 Å². The predicted molar refractivity (Wildman–Crippen MR) is 84.0 cm³/mol. The maximum Gasteiger partial charge on any atom is 0.417 e. The normalized spacial score (nSPS) is 11.9. The van der Waals surface area contributed by atoms with Crippen LogP contribution in [0.5, 0.6) is 0 Å². The van der Waals surface area contributed by atoms with E-state index >= 15 is 0 Å². The second-order valence-electron chi connectivity index (χ2n) is 6.44. The molecule has 0 spiro atoms. The first-order chi connectivity index (χ1) is 12.0. The van der Waals surface area contributed by atoms with Gasteiger partial charge >= 0.3 is 6.18 Å². The number of nitrogens with one attached hydrogen (secondary N) is 2. The SMILES string of the molecule is CC(C)(C)C(=O)NNC(=O)Cn1nnc(-c2ccccc2C(F)(F)F)n1. The summed E-state index contributed by atoms with van der Waals surface area (Å²) in [7, 11) is 0. The highest BCUT2D eigenvalue weighted by Crippen LogP contribution is 2.35. The highest BCUT2D eigenvalue weighted by molar-refractivity contribution is 5.84. The molecule has 0 radical (unpaired) electrons. The second-order valence-corrected chi connectivity index (χ2v) is 6.44. The van der Waals surface area contributed by atoms with Crippen molar-refractivity contribution in [3.05, 3.63) is 29.8 Å². The smallest absolute Gasteiger partial charge is 0.273 e. The fraction of sp³-hybridized carbons (Fsp3) is 0.400. The van der Waals surface area contributed by atoms with Crippen molar-refractivity contribution in [3.8, 4) is 11.4 Å². The minimum absolute atomic E-state index is 0.243. The van der Waals surface area contributed by atoms with E-state index in [1.54, 1.807) is 20.8 Å². The third-order valence-corrected chi connectivity index (χ3v) is 3.21. The first kappa shape index (κ1) is 19.3. The lowest BCUT2D eigenvalue weighted by Crippen LogP contribution is -2.47. The summed E-state index contributed by atoms with van der Waals surface area (Å²) >= 11 is 0. The van der Waals surface area contributed by atoms with Crippen molar-refractivity contribution in [2.75, 3.05) is 0 Å². The second kappa shape index (κ2) is 7.10. The molecule has 2 N–H and O–H groups in total. The Morgan fingerprint density at radius 1 is 1.12 bits per heavy atom. The van der Waals surface area contributed by atoms with E-state index in [4.69, 9.17) is 0 Å². The van der Waals surface area contributed by atoms with Crippen molar-refractivity contribution >= 4 is 11.8 Å². The quantitative estimate of drug-likeness (QED) is 0.799. The van der Waals surface area contributed by atoms with Gasteiger partial charge in [-0.3, -0.25) is 20.4 Å². The summed E-state index contributed by atoms with van der Waals surface area (Å²) in [4.78, 5) is 24.3. The lowest BCUT2D eigenvalue weighted by Gasteiger charge is -2.17. The van der Waals surface area contributed by atoms with Crippen LogP contribution < -0.4 is 10.9 Å². The van der Waals surface area contributed by atoms with Crippen LogP contribution >= 0.6 is 0 Å². The molecule has 140 valence electrons. The number of halogens is 3. The Morgan fingerprint density at radius 2 is 1.77 bits per heavy atom. The van der Waals surface area contributed by atoms with Gasteiger partial charge in [-0.2, -0.15) is 18.0 Å². The molecular formula is C15H17F3N6O2. The van der Waals surface area contributed by atoms with Crippen LogP contribution in [0.15, 0.2) is 24.3 Å². The fourth-order valence-electron chi connectivity index (χ4n) is 1.83. The summed E-state index contributed by atoms with van der Waals surface area (Å²) in [5.41, 5.74) is 2.56. The van der Waals surface area contributed by atoms with Crippen molar-refractivity contribution in [1.82, 2.24) is 31.1 Å². The summed E-state index contributed by atoms with van der Waals surface area (Å²) in [5, 5.41) is 10.9. The summed E-state index contributed by atoms with van der Waals surface area (Å²) in [6, 6.07) is 4.79. The van der Waals surface area contributed by atoms with Gasteiger partial charge in [0.05, 0.1) is 5.56 Å². The minimum atomic E-state index is -4.57. The Kier molecular flexibility index (Phi) is 5.28. The van der Waals surface area contributed by atoms with Crippen LogP contribution in [0.1, 0.15) is 26.3 Å². The van der Waals surface area contributed by atoms with Gasteiger partial charge in [-0.15, -0.1) is 10.2 Å². The van der Waals surface area contributed by atoms with Gasteiger partial charge in [0.1, 0.15) is 6.54 Å². The number of carbonyl (C=O) groups is 2. The molecule has 2 rings (SSSR count). The Hall–Kier alpha value is -2.98. The van der Waals surface area contributed by atoms with E-state index in [-0.39, 0.29) is 11.4 Å². The first-order valence-corrected chi connectivity index (χ1v) is 7.52. The van der Waals surface area contributed by atoms with E-state index in [1.165, 1.54) is 18.2 Å². The Bertz CT molecular complexity index is 810. The number of carbonyl (C=O) groups excluding carboxylic acids is 2. The van der Waals surface area contributed by atoms with Crippen LogP contribution in [0.2, 0.25) is 0 Å². The molecule has 0 atom stereocenters. The summed E-state index contributed by atoms with van der Waals surface area (Å²) in [6.45, 7) is 4.57. The molecule has 11 heteroatoms. The number of hydrogen-bond acceptors (Lipinski definition) is 5. The van der Waals surface area contributed by atoms with E-state index in [0.717, 1.165) is 10.9 Å².